The molecule has 1 fully saturated rings. The van der Waals surface area contributed by atoms with Crippen LogP contribution in [0.5, 0.6) is 0 Å². The molecule has 1 aromatic carbocycles. The van der Waals surface area contributed by atoms with Gasteiger partial charge >= 0.3 is 0 Å². The van der Waals surface area contributed by atoms with Crippen LogP contribution in [0.15, 0.2) is 23.1 Å². The number of sulfonamides is 1. The van der Waals surface area contributed by atoms with Gasteiger partial charge in [-0.3, -0.25) is 0 Å². The van der Waals surface area contributed by atoms with Crippen LogP contribution in [0.4, 0.5) is 0 Å². The molecule has 0 amide bonds. The van der Waals surface area contributed by atoms with Crippen molar-refractivity contribution in [1.82, 2.24) is 4.31 Å². The average Bonchev–Trinajstić information content (AvgIpc) is 2.87. The maximum absolute atomic E-state index is 12.5. The molecule has 7 heteroatoms. The number of rotatable bonds is 3. The van der Waals surface area contributed by atoms with Gasteiger partial charge in [0.1, 0.15) is 11.0 Å². The zero-order chi connectivity index (χ0) is 14.0. The fraction of sp³-hybridized carbons (Fsp3) is 0.417. The van der Waals surface area contributed by atoms with Crippen molar-refractivity contribution in [2.75, 3.05) is 13.2 Å². The summed E-state index contributed by atoms with van der Waals surface area (Å²) in [6.07, 6.45) is 1.34. The Kier molecular flexibility index (Phi) is 4.11. The summed E-state index contributed by atoms with van der Waals surface area (Å²) in [4.78, 5) is -0.0558. The molecule has 0 aromatic heterocycles. The summed E-state index contributed by atoms with van der Waals surface area (Å²) in [5, 5.41) is 18.6. The van der Waals surface area contributed by atoms with Crippen LogP contribution >= 0.6 is 11.6 Å². The molecule has 1 aliphatic rings. The Hall–Kier alpha value is -1.13. The van der Waals surface area contributed by atoms with Gasteiger partial charge in [0.05, 0.1) is 12.2 Å². The minimum absolute atomic E-state index is 0.0242. The predicted octanol–water partition coefficient (Wildman–Crippen LogP) is 1.36. The number of nitriles is 1. The predicted molar refractivity (Wildman–Crippen MR) is 70.2 cm³/mol. The number of aliphatic hydroxyl groups excluding tert-OH is 1. The molecule has 0 unspecified atom stereocenters. The van der Waals surface area contributed by atoms with Crippen LogP contribution in [0.3, 0.4) is 0 Å². The lowest BCUT2D eigenvalue weighted by Gasteiger charge is -2.22. The van der Waals surface area contributed by atoms with Crippen molar-refractivity contribution >= 4 is 21.6 Å². The summed E-state index contributed by atoms with van der Waals surface area (Å²) in [5.41, 5.74) is 0.0242. The lowest BCUT2D eigenvalue weighted by atomic mass is 10.2. The van der Waals surface area contributed by atoms with Gasteiger partial charge in [0.2, 0.25) is 10.0 Å². The van der Waals surface area contributed by atoms with Crippen molar-refractivity contribution in [2.45, 2.75) is 23.8 Å². The number of aliphatic hydroxyl groups is 1. The van der Waals surface area contributed by atoms with Crippen LogP contribution in [0, 0.1) is 11.3 Å². The molecule has 2 rings (SSSR count). The SMILES string of the molecule is N#Cc1cc(Cl)ccc1S(=O)(=O)N1CCC[C@H]1CO. The van der Waals surface area contributed by atoms with Gasteiger partial charge in [0.25, 0.3) is 0 Å². The zero-order valence-corrected chi connectivity index (χ0v) is 11.7. The molecule has 1 saturated heterocycles. The molecule has 1 N–H and O–H groups in total. The molecular weight excluding hydrogens is 288 g/mol. The third-order valence-electron chi connectivity index (χ3n) is 3.18. The second-order valence-electron chi connectivity index (χ2n) is 4.35. The number of hydrogen-bond acceptors (Lipinski definition) is 4. The van der Waals surface area contributed by atoms with Crippen molar-refractivity contribution in [3.63, 3.8) is 0 Å². The van der Waals surface area contributed by atoms with Crippen molar-refractivity contribution < 1.29 is 13.5 Å². The van der Waals surface area contributed by atoms with Crippen molar-refractivity contribution in [2.24, 2.45) is 0 Å². The van der Waals surface area contributed by atoms with E-state index in [1.54, 1.807) is 0 Å². The summed E-state index contributed by atoms with van der Waals surface area (Å²) in [7, 11) is -3.77. The summed E-state index contributed by atoms with van der Waals surface area (Å²) >= 11 is 5.76. The van der Waals surface area contributed by atoms with E-state index in [9.17, 15) is 13.5 Å². The first-order valence-corrected chi connectivity index (χ1v) is 7.65. The fourth-order valence-electron chi connectivity index (χ4n) is 2.25. The quantitative estimate of drug-likeness (QED) is 0.914. The molecule has 19 heavy (non-hydrogen) atoms. The van der Waals surface area contributed by atoms with Crippen LogP contribution in [0.2, 0.25) is 5.02 Å². The van der Waals surface area contributed by atoms with E-state index in [-0.39, 0.29) is 17.1 Å². The first-order valence-electron chi connectivity index (χ1n) is 5.83. The minimum Gasteiger partial charge on any atom is -0.395 e. The van der Waals surface area contributed by atoms with Crippen LogP contribution in [-0.2, 0) is 10.0 Å². The molecule has 1 heterocycles. The van der Waals surface area contributed by atoms with Crippen molar-refractivity contribution in [1.29, 1.82) is 5.26 Å². The summed E-state index contributed by atoms with van der Waals surface area (Å²) < 4.78 is 26.3. The highest BCUT2D eigenvalue weighted by atomic mass is 35.5. The van der Waals surface area contributed by atoms with Crippen LogP contribution in [0.25, 0.3) is 0 Å². The standard InChI is InChI=1S/C12H13ClN2O3S/c13-10-3-4-12(9(6-10)7-14)19(17,18)15-5-1-2-11(15)8-16/h3-4,6,11,16H,1-2,5,8H2/t11-/m0/s1. The first-order chi connectivity index (χ1) is 9.00. The summed E-state index contributed by atoms with van der Waals surface area (Å²) in [6, 6.07) is 5.55. The van der Waals surface area contributed by atoms with Crippen LogP contribution in [0.1, 0.15) is 18.4 Å². The van der Waals surface area contributed by atoms with Gasteiger partial charge in [0, 0.05) is 17.6 Å². The first kappa shape index (κ1) is 14.3. The third-order valence-corrected chi connectivity index (χ3v) is 5.43. The Balaban J connectivity index is 2.48. The van der Waals surface area contributed by atoms with Crippen molar-refractivity contribution in [3.05, 3.63) is 28.8 Å². The molecule has 1 aliphatic heterocycles. The minimum atomic E-state index is -3.77. The topological polar surface area (TPSA) is 81.4 Å². The molecule has 0 spiro atoms. The number of halogens is 1. The maximum atomic E-state index is 12.5. The molecule has 0 saturated carbocycles. The van der Waals surface area contributed by atoms with Gasteiger partial charge in [-0.1, -0.05) is 11.6 Å². The van der Waals surface area contributed by atoms with Gasteiger partial charge in [-0.2, -0.15) is 9.57 Å². The van der Waals surface area contributed by atoms with Crippen LogP contribution in [-0.4, -0.2) is 37.0 Å². The second kappa shape index (κ2) is 5.47. The summed E-state index contributed by atoms with van der Waals surface area (Å²) in [6.45, 7) is 0.149. The zero-order valence-electron chi connectivity index (χ0n) is 10.1. The van der Waals surface area contributed by atoms with E-state index in [2.05, 4.69) is 0 Å². The fourth-order valence-corrected chi connectivity index (χ4v) is 4.23. The Labute approximate surface area is 117 Å². The Bertz CT molecular complexity index is 624. The van der Waals surface area contributed by atoms with Gasteiger partial charge in [0.15, 0.2) is 0 Å². The van der Waals surface area contributed by atoms with E-state index in [0.717, 1.165) is 0 Å². The normalized spacial score (nSPS) is 20.4. The number of nitrogens with zero attached hydrogens (tertiary/aromatic N) is 2. The lowest BCUT2D eigenvalue weighted by molar-refractivity contribution is 0.213. The van der Waals surface area contributed by atoms with Gasteiger partial charge in [-0.05, 0) is 31.0 Å². The van der Waals surface area contributed by atoms with Gasteiger partial charge in [-0.25, -0.2) is 8.42 Å². The lowest BCUT2D eigenvalue weighted by Crippen LogP contribution is -2.37. The molecule has 0 aliphatic carbocycles. The van der Waals surface area contributed by atoms with Crippen molar-refractivity contribution in [3.8, 4) is 6.07 Å². The molecule has 0 radical (unpaired) electrons. The monoisotopic (exact) mass is 300 g/mol. The third kappa shape index (κ3) is 2.60. The molecule has 1 aromatic rings. The molecule has 102 valence electrons. The largest absolute Gasteiger partial charge is 0.395 e. The van der Waals surface area contributed by atoms with Gasteiger partial charge in [-0.15, -0.1) is 0 Å². The van der Waals surface area contributed by atoms with E-state index in [0.29, 0.717) is 24.4 Å². The van der Waals surface area contributed by atoms with Gasteiger partial charge < -0.3 is 5.11 Å². The average molecular weight is 301 g/mol. The molecular formula is C12H13ClN2O3S. The Morgan fingerprint density at radius 2 is 2.26 bits per heavy atom. The summed E-state index contributed by atoms with van der Waals surface area (Å²) in [5.74, 6) is 0. The van der Waals surface area contributed by atoms with E-state index >= 15 is 0 Å². The van der Waals surface area contributed by atoms with E-state index in [4.69, 9.17) is 16.9 Å². The molecule has 5 nitrogen and oxygen atoms in total. The number of benzene rings is 1. The molecule has 0 bridgehead atoms. The highest BCUT2D eigenvalue weighted by Gasteiger charge is 2.36. The van der Waals surface area contributed by atoms with Crippen LogP contribution < -0.4 is 0 Å². The molecule has 1 atom stereocenters. The van der Waals surface area contributed by atoms with E-state index < -0.39 is 16.1 Å². The number of hydrogen-bond donors (Lipinski definition) is 1. The second-order valence-corrected chi connectivity index (χ2v) is 6.64. The maximum Gasteiger partial charge on any atom is 0.244 e. The Morgan fingerprint density at radius 3 is 2.89 bits per heavy atom. The highest BCUT2D eigenvalue weighted by molar-refractivity contribution is 7.89. The Morgan fingerprint density at radius 1 is 1.53 bits per heavy atom. The van der Waals surface area contributed by atoms with E-state index in [1.807, 2.05) is 6.07 Å². The smallest absolute Gasteiger partial charge is 0.244 e. The highest BCUT2D eigenvalue weighted by Crippen LogP contribution is 2.28. The van der Waals surface area contributed by atoms with E-state index in [1.165, 1.54) is 22.5 Å².